The van der Waals surface area contributed by atoms with Gasteiger partial charge in [-0.2, -0.15) is 14.7 Å². The molecule has 1 N–H and O–H groups in total. The number of rotatable bonds is 3. The van der Waals surface area contributed by atoms with Crippen molar-refractivity contribution in [2.24, 2.45) is 0 Å². The molecular weight excluding hydrogens is 280 g/mol. The summed E-state index contributed by atoms with van der Waals surface area (Å²) in [4.78, 5) is 6.35. The summed E-state index contributed by atoms with van der Waals surface area (Å²) in [5.41, 5.74) is 0.472. The minimum atomic E-state index is -3.53. The Hall–Kier alpha value is -2.18. The standard InChI is InChI=1S/C11H12N6O2S/c12-3-9-4-15-17(6-9)10-1-2-16(7-10)20(18,19)11-5-13-8-14-11/h4-6,8,10H,1-2,7H2,(H,13,14). The number of aromatic nitrogens is 4. The molecule has 2 aromatic heterocycles. The third kappa shape index (κ3) is 2.09. The summed E-state index contributed by atoms with van der Waals surface area (Å²) in [6.07, 6.45) is 6.42. The molecule has 0 aromatic carbocycles. The van der Waals surface area contributed by atoms with E-state index >= 15 is 0 Å². The molecule has 20 heavy (non-hydrogen) atoms. The van der Waals surface area contributed by atoms with Gasteiger partial charge in [-0.05, 0) is 6.42 Å². The normalized spacial score (nSPS) is 20.1. The van der Waals surface area contributed by atoms with Crippen LogP contribution in [-0.2, 0) is 10.0 Å². The molecule has 3 rings (SSSR count). The highest BCUT2D eigenvalue weighted by atomic mass is 32.2. The molecule has 1 aliphatic heterocycles. The highest BCUT2D eigenvalue weighted by Crippen LogP contribution is 2.26. The van der Waals surface area contributed by atoms with Crippen molar-refractivity contribution in [1.29, 1.82) is 5.26 Å². The van der Waals surface area contributed by atoms with Crippen molar-refractivity contribution in [1.82, 2.24) is 24.1 Å². The molecule has 1 aliphatic rings. The van der Waals surface area contributed by atoms with Gasteiger partial charge in [0.1, 0.15) is 6.07 Å². The predicted octanol–water partition coefficient (Wildman–Crippen LogP) is 0.114. The first-order chi connectivity index (χ1) is 9.61. The molecule has 2 aromatic rings. The van der Waals surface area contributed by atoms with Gasteiger partial charge < -0.3 is 4.98 Å². The van der Waals surface area contributed by atoms with Crippen LogP contribution in [0.5, 0.6) is 0 Å². The number of hydrogen-bond donors (Lipinski definition) is 1. The largest absolute Gasteiger partial charge is 0.335 e. The minimum Gasteiger partial charge on any atom is -0.335 e. The van der Waals surface area contributed by atoms with Crippen LogP contribution < -0.4 is 0 Å². The minimum absolute atomic E-state index is 0.0465. The van der Waals surface area contributed by atoms with Crippen LogP contribution in [0.1, 0.15) is 18.0 Å². The molecule has 104 valence electrons. The van der Waals surface area contributed by atoms with Gasteiger partial charge >= 0.3 is 0 Å². The van der Waals surface area contributed by atoms with E-state index in [1.165, 1.54) is 23.0 Å². The molecule has 9 heteroatoms. The molecule has 0 aliphatic carbocycles. The number of sulfonamides is 1. The van der Waals surface area contributed by atoms with E-state index in [1.54, 1.807) is 10.9 Å². The Balaban J connectivity index is 1.79. The van der Waals surface area contributed by atoms with E-state index in [9.17, 15) is 8.42 Å². The summed E-state index contributed by atoms with van der Waals surface area (Å²) in [5.74, 6) is 0. The fourth-order valence-corrected chi connectivity index (χ4v) is 3.65. The van der Waals surface area contributed by atoms with Crippen molar-refractivity contribution >= 4 is 10.0 Å². The smallest absolute Gasteiger partial charge is 0.260 e. The van der Waals surface area contributed by atoms with Crippen molar-refractivity contribution in [3.63, 3.8) is 0 Å². The SMILES string of the molecule is N#Cc1cnn(C2CCN(S(=O)(=O)c3cnc[nH]3)C2)c1. The quantitative estimate of drug-likeness (QED) is 0.864. The van der Waals surface area contributed by atoms with Gasteiger partial charge in [-0.1, -0.05) is 0 Å². The number of nitriles is 1. The molecule has 1 atom stereocenters. The van der Waals surface area contributed by atoms with Gasteiger partial charge in [0.05, 0.1) is 30.3 Å². The van der Waals surface area contributed by atoms with Crippen LogP contribution in [0, 0.1) is 11.3 Å². The van der Waals surface area contributed by atoms with Crippen LogP contribution in [0.2, 0.25) is 0 Å². The summed E-state index contributed by atoms with van der Waals surface area (Å²) < 4.78 is 27.7. The van der Waals surface area contributed by atoms with Gasteiger partial charge in [0.15, 0.2) is 5.03 Å². The Morgan fingerprint density at radius 3 is 2.95 bits per heavy atom. The van der Waals surface area contributed by atoms with Crippen LogP contribution in [-0.4, -0.2) is 45.6 Å². The Morgan fingerprint density at radius 2 is 2.30 bits per heavy atom. The molecule has 8 nitrogen and oxygen atoms in total. The Morgan fingerprint density at radius 1 is 1.45 bits per heavy atom. The second kappa shape index (κ2) is 4.73. The van der Waals surface area contributed by atoms with Gasteiger partial charge in [-0.3, -0.25) is 4.68 Å². The number of H-pyrrole nitrogens is 1. The summed E-state index contributed by atoms with van der Waals surface area (Å²) in [5, 5.41) is 13.0. The van der Waals surface area contributed by atoms with Crippen LogP contribution in [0.25, 0.3) is 0 Å². The summed E-state index contributed by atoms with van der Waals surface area (Å²) >= 11 is 0. The average molecular weight is 292 g/mol. The summed E-state index contributed by atoms with van der Waals surface area (Å²) in [6, 6.07) is 1.96. The lowest BCUT2D eigenvalue weighted by atomic mass is 10.3. The molecular formula is C11H12N6O2S. The predicted molar refractivity (Wildman–Crippen MR) is 67.9 cm³/mol. The molecule has 0 radical (unpaired) electrons. The number of nitrogens with one attached hydrogen (secondary N) is 1. The first-order valence-electron chi connectivity index (χ1n) is 6.04. The Bertz CT molecular complexity index is 742. The lowest BCUT2D eigenvalue weighted by Gasteiger charge is -2.15. The van der Waals surface area contributed by atoms with Crippen molar-refractivity contribution in [3.05, 3.63) is 30.5 Å². The lowest BCUT2D eigenvalue weighted by Crippen LogP contribution is -2.29. The zero-order valence-corrected chi connectivity index (χ0v) is 11.3. The molecule has 0 saturated carbocycles. The Labute approximate surface area is 115 Å². The fourth-order valence-electron chi connectivity index (χ4n) is 2.26. The molecule has 0 spiro atoms. The molecule has 0 amide bonds. The van der Waals surface area contributed by atoms with Crippen molar-refractivity contribution in [2.45, 2.75) is 17.5 Å². The van der Waals surface area contributed by atoms with E-state index in [2.05, 4.69) is 15.1 Å². The maximum absolute atomic E-state index is 12.3. The zero-order valence-electron chi connectivity index (χ0n) is 10.5. The van der Waals surface area contributed by atoms with Gasteiger partial charge in [-0.15, -0.1) is 0 Å². The first-order valence-corrected chi connectivity index (χ1v) is 7.48. The number of hydrogen-bond acceptors (Lipinski definition) is 5. The second-order valence-electron chi connectivity index (χ2n) is 4.54. The summed E-state index contributed by atoms with van der Waals surface area (Å²) in [6.45, 7) is 0.766. The van der Waals surface area contributed by atoms with E-state index in [0.29, 0.717) is 25.1 Å². The van der Waals surface area contributed by atoms with Gasteiger partial charge in [0.25, 0.3) is 10.0 Å². The van der Waals surface area contributed by atoms with Crippen LogP contribution >= 0.6 is 0 Å². The van der Waals surface area contributed by atoms with Gasteiger partial charge in [-0.25, -0.2) is 13.4 Å². The highest BCUT2D eigenvalue weighted by Gasteiger charge is 2.34. The fraction of sp³-hybridized carbons (Fsp3) is 0.364. The van der Waals surface area contributed by atoms with Crippen LogP contribution in [0.15, 0.2) is 29.9 Å². The number of imidazole rings is 1. The van der Waals surface area contributed by atoms with Gasteiger partial charge in [0, 0.05) is 19.3 Å². The average Bonchev–Trinajstić information content (AvgIpc) is 3.18. The van der Waals surface area contributed by atoms with Crippen LogP contribution in [0.4, 0.5) is 0 Å². The van der Waals surface area contributed by atoms with Crippen molar-refractivity contribution < 1.29 is 8.42 Å². The molecule has 1 fully saturated rings. The van der Waals surface area contributed by atoms with Crippen molar-refractivity contribution in [2.75, 3.05) is 13.1 Å². The number of aromatic amines is 1. The molecule has 1 saturated heterocycles. The topological polar surface area (TPSA) is 108 Å². The summed E-state index contributed by atoms with van der Waals surface area (Å²) in [7, 11) is -3.53. The Kier molecular flexibility index (Phi) is 3.04. The van der Waals surface area contributed by atoms with E-state index in [4.69, 9.17) is 5.26 Å². The van der Waals surface area contributed by atoms with E-state index < -0.39 is 10.0 Å². The number of nitrogens with zero attached hydrogens (tertiary/aromatic N) is 5. The van der Waals surface area contributed by atoms with E-state index in [0.717, 1.165) is 0 Å². The monoisotopic (exact) mass is 292 g/mol. The zero-order chi connectivity index (χ0) is 14.2. The van der Waals surface area contributed by atoms with E-state index in [-0.39, 0.29) is 11.1 Å². The first kappa shape index (κ1) is 12.8. The maximum atomic E-state index is 12.3. The molecule has 1 unspecified atom stereocenters. The van der Waals surface area contributed by atoms with Crippen molar-refractivity contribution in [3.8, 4) is 6.07 Å². The third-order valence-corrected chi connectivity index (χ3v) is 5.11. The second-order valence-corrected chi connectivity index (χ2v) is 6.45. The van der Waals surface area contributed by atoms with Crippen LogP contribution in [0.3, 0.4) is 0 Å². The third-order valence-electron chi connectivity index (χ3n) is 3.32. The highest BCUT2D eigenvalue weighted by molar-refractivity contribution is 7.89. The maximum Gasteiger partial charge on any atom is 0.260 e. The molecule has 3 heterocycles. The van der Waals surface area contributed by atoms with Gasteiger partial charge in [0.2, 0.25) is 0 Å². The van der Waals surface area contributed by atoms with E-state index in [1.807, 2.05) is 6.07 Å². The molecule has 0 bridgehead atoms. The lowest BCUT2D eigenvalue weighted by molar-refractivity contribution is 0.433.